The van der Waals surface area contributed by atoms with Crippen molar-refractivity contribution in [2.75, 3.05) is 19.8 Å². The molecule has 0 amide bonds. The van der Waals surface area contributed by atoms with E-state index in [0.717, 1.165) is 45.0 Å². The van der Waals surface area contributed by atoms with Crippen molar-refractivity contribution in [2.24, 2.45) is 5.92 Å². The summed E-state index contributed by atoms with van der Waals surface area (Å²) in [5, 5.41) is 3.47. The van der Waals surface area contributed by atoms with Gasteiger partial charge in [-0.3, -0.25) is 0 Å². The van der Waals surface area contributed by atoms with Crippen molar-refractivity contribution in [2.45, 2.75) is 46.2 Å². The Morgan fingerprint density at radius 2 is 2.05 bits per heavy atom. The molecule has 0 spiro atoms. The van der Waals surface area contributed by atoms with Crippen molar-refractivity contribution >= 4 is 0 Å². The second-order valence-electron chi connectivity index (χ2n) is 5.97. The minimum atomic E-state index is 0.485. The number of hydrogen-bond acceptors (Lipinski definition) is 3. The summed E-state index contributed by atoms with van der Waals surface area (Å²) in [5.41, 5.74) is 2.48. The highest BCUT2D eigenvalue weighted by atomic mass is 16.5. The fourth-order valence-corrected chi connectivity index (χ4v) is 2.49. The lowest BCUT2D eigenvalue weighted by atomic mass is 10.0. The molecule has 2 rings (SSSR count). The molecule has 20 heavy (non-hydrogen) atoms. The minimum Gasteiger partial charge on any atom is -0.493 e. The van der Waals surface area contributed by atoms with E-state index in [1.54, 1.807) is 0 Å². The molecule has 1 saturated heterocycles. The van der Waals surface area contributed by atoms with E-state index in [2.05, 4.69) is 44.3 Å². The topological polar surface area (TPSA) is 30.5 Å². The third kappa shape index (κ3) is 4.50. The van der Waals surface area contributed by atoms with Gasteiger partial charge >= 0.3 is 0 Å². The van der Waals surface area contributed by atoms with Crippen LogP contribution in [0.2, 0.25) is 0 Å². The molecule has 0 aromatic heterocycles. The summed E-state index contributed by atoms with van der Waals surface area (Å²) >= 11 is 0. The standard InChI is InChI=1S/C17H27NO2/c1-13(2)18-11-16-6-4-5-14(3)17(16)20-12-15-7-9-19-10-8-15/h4-6,13,15,18H,7-12H2,1-3H3. The van der Waals surface area contributed by atoms with E-state index < -0.39 is 0 Å². The first-order chi connectivity index (χ1) is 9.66. The van der Waals surface area contributed by atoms with Gasteiger partial charge in [-0.1, -0.05) is 32.0 Å². The molecule has 0 saturated carbocycles. The van der Waals surface area contributed by atoms with Gasteiger partial charge in [-0.05, 0) is 31.2 Å². The van der Waals surface area contributed by atoms with Crippen LogP contribution in [-0.2, 0) is 11.3 Å². The monoisotopic (exact) mass is 277 g/mol. The van der Waals surface area contributed by atoms with Crippen molar-refractivity contribution in [3.63, 3.8) is 0 Å². The molecule has 0 bridgehead atoms. The molecule has 1 N–H and O–H groups in total. The van der Waals surface area contributed by atoms with E-state index in [4.69, 9.17) is 9.47 Å². The van der Waals surface area contributed by atoms with Gasteiger partial charge in [0.2, 0.25) is 0 Å². The number of para-hydroxylation sites is 1. The molecular formula is C17H27NO2. The summed E-state index contributed by atoms with van der Waals surface area (Å²) in [6.45, 7) is 9.88. The van der Waals surface area contributed by atoms with Crippen molar-refractivity contribution < 1.29 is 9.47 Å². The fourth-order valence-electron chi connectivity index (χ4n) is 2.49. The Hall–Kier alpha value is -1.06. The average Bonchev–Trinajstić information content (AvgIpc) is 2.45. The van der Waals surface area contributed by atoms with Gasteiger partial charge in [-0.2, -0.15) is 0 Å². The Kier molecular flexibility index (Phi) is 5.86. The summed E-state index contributed by atoms with van der Waals surface area (Å²) in [5.74, 6) is 1.70. The summed E-state index contributed by atoms with van der Waals surface area (Å²) in [4.78, 5) is 0. The molecule has 3 nitrogen and oxygen atoms in total. The summed E-state index contributed by atoms with van der Waals surface area (Å²) < 4.78 is 11.5. The summed E-state index contributed by atoms with van der Waals surface area (Å²) in [7, 11) is 0. The molecule has 1 aliphatic heterocycles. The van der Waals surface area contributed by atoms with Gasteiger partial charge in [0.25, 0.3) is 0 Å². The molecule has 0 radical (unpaired) electrons. The van der Waals surface area contributed by atoms with Crippen LogP contribution in [0.3, 0.4) is 0 Å². The third-order valence-corrected chi connectivity index (χ3v) is 3.80. The SMILES string of the molecule is Cc1cccc(CNC(C)C)c1OCC1CCOCC1. The smallest absolute Gasteiger partial charge is 0.126 e. The lowest BCUT2D eigenvalue weighted by Gasteiger charge is -2.23. The number of ether oxygens (including phenoxy) is 2. The Morgan fingerprint density at radius 1 is 1.30 bits per heavy atom. The highest BCUT2D eigenvalue weighted by Gasteiger charge is 2.16. The zero-order valence-electron chi connectivity index (χ0n) is 12.9. The van der Waals surface area contributed by atoms with Crippen LogP contribution in [0.1, 0.15) is 37.8 Å². The van der Waals surface area contributed by atoms with Crippen LogP contribution in [0.4, 0.5) is 0 Å². The first kappa shape index (κ1) is 15.3. The van der Waals surface area contributed by atoms with Crippen molar-refractivity contribution in [3.8, 4) is 5.75 Å². The van der Waals surface area contributed by atoms with E-state index in [1.807, 2.05) is 0 Å². The predicted molar refractivity (Wildman–Crippen MR) is 82.2 cm³/mol. The first-order valence-electron chi connectivity index (χ1n) is 7.69. The zero-order valence-corrected chi connectivity index (χ0v) is 12.9. The Bertz CT molecular complexity index is 411. The van der Waals surface area contributed by atoms with E-state index in [0.29, 0.717) is 12.0 Å². The Labute approximate surface area is 122 Å². The second kappa shape index (κ2) is 7.65. The molecule has 0 unspecified atom stereocenters. The molecule has 1 aliphatic rings. The zero-order chi connectivity index (χ0) is 14.4. The van der Waals surface area contributed by atoms with E-state index in [-0.39, 0.29) is 0 Å². The van der Waals surface area contributed by atoms with Gasteiger partial charge in [0, 0.05) is 31.4 Å². The predicted octanol–water partition coefficient (Wildman–Crippen LogP) is 3.30. The summed E-state index contributed by atoms with van der Waals surface area (Å²) in [6.07, 6.45) is 2.23. The van der Waals surface area contributed by atoms with E-state index in [1.165, 1.54) is 11.1 Å². The van der Waals surface area contributed by atoms with Gasteiger partial charge in [0.1, 0.15) is 5.75 Å². The Balaban J connectivity index is 1.97. The quantitative estimate of drug-likeness (QED) is 0.865. The lowest BCUT2D eigenvalue weighted by Crippen LogP contribution is -2.24. The van der Waals surface area contributed by atoms with E-state index in [9.17, 15) is 0 Å². The molecule has 1 fully saturated rings. The maximum Gasteiger partial charge on any atom is 0.126 e. The van der Waals surface area contributed by atoms with Gasteiger partial charge in [-0.15, -0.1) is 0 Å². The largest absolute Gasteiger partial charge is 0.493 e. The third-order valence-electron chi connectivity index (χ3n) is 3.80. The fraction of sp³-hybridized carbons (Fsp3) is 0.647. The number of aryl methyl sites for hydroxylation is 1. The second-order valence-corrected chi connectivity index (χ2v) is 5.97. The van der Waals surface area contributed by atoms with Gasteiger partial charge in [0.15, 0.2) is 0 Å². The summed E-state index contributed by atoms with van der Waals surface area (Å²) in [6, 6.07) is 6.87. The van der Waals surface area contributed by atoms with Crippen molar-refractivity contribution in [1.29, 1.82) is 0 Å². The number of nitrogens with one attached hydrogen (secondary N) is 1. The van der Waals surface area contributed by atoms with Crippen molar-refractivity contribution in [3.05, 3.63) is 29.3 Å². The number of rotatable bonds is 6. The lowest BCUT2D eigenvalue weighted by molar-refractivity contribution is 0.0495. The average molecular weight is 277 g/mol. The molecule has 3 heteroatoms. The normalized spacial score (nSPS) is 16.6. The van der Waals surface area contributed by atoms with Gasteiger partial charge < -0.3 is 14.8 Å². The molecule has 1 aromatic rings. The highest BCUT2D eigenvalue weighted by molar-refractivity contribution is 5.40. The number of hydrogen-bond donors (Lipinski definition) is 1. The molecule has 1 aromatic carbocycles. The van der Waals surface area contributed by atoms with Gasteiger partial charge in [0.05, 0.1) is 6.61 Å². The van der Waals surface area contributed by atoms with Crippen LogP contribution in [0, 0.1) is 12.8 Å². The Morgan fingerprint density at radius 3 is 2.75 bits per heavy atom. The highest BCUT2D eigenvalue weighted by Crippen LogP contribution is 2.25. The van der Waals surface area contributed by atoms with Gasteiger partial charge in [-0.25, -0.2) is 0 Å². The van der Waals surface area contributed by atoms with E-state index >= 15 is 0 Å². The molecule has 112 valence electrons. The van der Waals surface area contributed by atoms with Crippen LogP contribution in [0.25, 0.3) is 0 Å². The van der Waals surface area contributed by atoms with Crippen LogP contribution >= 0.6 is 0 Å². The molecule has 0 atom stereocenters. The van der Waals surface area contributed by atoms with Crippen molar-refractivity contribution in [1.82, 2.24) is 5.32 Å². The molecule has 0 aliphatic carbocycles. The maximum absolute atomic E-state index is 6.14. The van der Waals surface area contributed by atoms with Crippen LogP contribution in [-0.4, -0.2) is 25.9 Å². The van der Waals surface area contributed by atoms with Crippen LogP contribution in [0.5, 0.6) is 5.75 Å². The molecule has 1 heterocycles. The first-order valence-corrected chi connectivity index (χ1v) is 7.69. The number of benzene rings is 1. The maximum atomic E-state index is 6.14. The van der Waals surface area contributed by atoms with Crippen LogP contribution < -0.4 is 10.1 Å². The molecular weight excluding hydrogens is 250 g/mol. The minimum absolute atomic E-state index is 0.485. The van der Waals surface area contributed by atoms with Crippen LogP contribution in [0.15, 0.2) is 18.2 Å².